The predicted octanol–water partition coefficient (Wildman–Crippen LogP) is 3.24. The van der Waals surface area contributed by atoms with Crippen molar-refractivity contribution in [3.8, 4) is 0 Å². The molecule has 1 unspecified atom stereocenters. The van der Waals surface area contributed by atoms with E-state index >= 15 is 0 Å². The molecule has 6 rings (SSSR count). The summed E-state index contributed by atoms with van der Waals surface area (Å²) in [4.78, 5) is 38.1. The molecule has 0 spiro atoms. The molecule has 1 aromatic carbocycles. The number of para-hydroxylation sites is 1. The molecular formula is C28H26N4O3. The van der Waals surface area contributed by atoms with Crippen molar-refractivity contribution in [2.24, 2.45) is 13.0 Å². The third kappa shape index (κ3) is 3.30. The zero-order valence-corrected chi connectivity index (χ0v) is 19.7. The second kappa shape index (κ2) is 7.98. The number of benzene rings is 1. The largest absolute Gasteiger partial charge is 0.356 e. The average Bonchev–Trinajstić information content (AvgIpc) is 3.45. The van der Waals surface area contributed by atoms with Gasteiger partial charge in [0.05, 0.1) is 16.7 Å². The number of nitrogens with zero attached hydrogens (tertiary/aromatic N) is 2. The topological polar surface area (TPSA) is 84.6 Å². The van der Waals surface area contributed by atoms with E-state index in [9.17, 15) is 14.4 Å². The third-order valence-electron chi connectivity index (χ3n) is 7.33. The van der Waals surface area contributed by atoms with Crippen LogP contribution in [0, 0.1) is 5.92 Å². The molecule has 0 bridgehead atoms. The molecule has 2 aliphatic rings. The zero-order chi connectivity index (χ0) is 24.3. The van der Waals surface area contributed by atoms with Gasteiger partial charge in [-0.2, -0.15) is 0 Å². The van der Waals surface area contributed by atoms with Gasteiger partial charge in [0.1, 0.15) is 0 Å². The van der Waals surface area contributed by atoms with E-state index in [-0.39, 0.29) is 23.6 Å². The van der Waals surface area contributed by atoms with E-state index in [4.69, 9.17) is 0 Å². The van der Waals surface area contributed by atoms with Gasteiger partial charge in [0.25, 0.3) is 11.8 Å². The maximum atomic E-state index is 13.4. The fourth-order valence-corrected chi connectivity index (χ4v) is 5.78. The first kappa shape index (κ1) is 21.4. The lowest BCUT2D eigenvalue weighted by Gasteiger charge is -2.24. The molecule has 176 valence electrons. The monoisotopic (exact) mass is 466 g/mol. The number of aryl methyl sites for hydroxylation is 2. The summed E-state index contributed by atoms with van der Waals surface area (Å²) in [6.45, 7) is 2.13. The molecule has 7 nitrogen and oxygen atoms in total. The van der Waals surface area contributed by atoms with Crippen LogP contribution in [0.4, 0.5) is 0 Å². The fraction of sp³-hybridized carbons (Fsp3) is 0.250. The molecule has 0 saturated carbocycles. The van der Waals surface area contributed by atoms with Crippen molar-refractivity contribution in [1.82, 2.24) is 19.6 Å². The van der Waals surface area contributed by atoms with E-state index in [2.05, 4.69) is 15.0 Å². The first-order valence-electron chi connectivity index (χ1n) is 11.9. The Morgan fingerprint density at radius 3 is 2.63 bits per heavy atom. The molecule has 3 amide bonds. The maximum Gasteiger partial charge on any atom is 0.259 e. The Kier molecular flexibility index (Phi) is 4.88. The van der Waals surface area contributed by atoms with Crippen LogP contribution in [0.1, 0.15) is 35.7 Å². The number of aromatic nitrogens is 2. The molecule has 0 radical (unpaired) electrons. The minimum absolute atomic E-state index is 0.0419. The van der Waals surface area contributed by atoms with Gasteiger partial charge in [0, 0.05) is 60.6 Å². The Hall–Kier alpha value is -4.13. The number of carbonyl (C=O) groups excluding carboxylic acids is 3. The molecule has 1 aliphatic heterocycles. The Bertz CT molecular complexity index is 1590. The normalized spacial score (nSPS) is 17.8. The third-order valence-corrected chi connectivity index (χ3v) is 7.33. The van der Waals surface area contributed by atoms with E-state index in [1.807, 2.05) is 66.5 Å². The van der Waals surface area contributed by atoms with Gasteiger partial charge < -0.3 is 14.3 Å². The summed E-state index contributed by atoms with van der Waals surface area (Å²) < 4.78 is 4.14. The fourth-order valence-electron chi connectivity index (χ4n) is 5.78. The van der Waals surface area contributed by atoms with Crippen molar-refractivity contribution in [1.29, 1.82) is 0 Å². The van der Waals surface area contributed by atoms with Gasteiger partial charge in [0.15, 0.2) is 0 Å². The average molecular weight is 467 g/mol. The number of hydrogen-bond acceptors (Lipinski definition) is 3. The summed E-state index contributed by atoms with van der Waals surface area (Å²) in [7, 11) is 1.95. The number of amides is 3. The van der Waals surface area contributed by atoms with Gasteiger partial charge in [-0.3, -0.25) is 19.7 Å². The Morgan fingerprint density at radius 2 is 1.80 bits per heavy atom. The number of nitrogens with one attached hydrogen (secondary N) is 2. The molecule has 1 atom stereocenters. The van der Waals surface area contributed by atoms with Crippen molar-refractivity contribution in [2.75, 3.05) is 6.54 Å². The lowest BCUT2D eigenvalue weighted by atomic mass is 9.83. The van der Waals surface area contributed by atoms with Gasteiger partial charge in [-0.05, 0) is 48.9 Å². The molecule has 0 fully saturated rings. The Balaban J connectivity index is 1.61. The lowest BCUT2D eigenvalue weighted by molar-refractivity contribution is -0.123. The molecule has 3 aromatic heterocycles. The minimum Gasteiger partial charge on any atom is -0.356 e. The summed E-state index contributed by atoms with van der Waals surface area (Å²) in [5.74, 6) is -0.499. The van der Waals surface area contributed by atoms with Crippen molar-refractivity contribution in [3.63, 3.8) is 0 Å². The Labute approximate surface area is 202 Å². The Morgan fingerprint density at radius 1 is 1.06 bits per heavy atom. The van der Waals surface area contributed by atoms with Crippen molar-refractivity contribution >= 4 is 45.3 Å². The van der Waals surface area contributed by atoms with Gasteiger partial charge >= 0.3 is 0 Å². The number of rotatable bonds is 4. The summed E-state index contributed by atoms with van der Waals surface area (Å²) in [6, 6.07) is 13.9. The van der Waals surface area contributed by atoms with E-state index in [0.717, 1.165) is 52.4 Å². The molecule has 0 saturated heterocycles. The summed E-state index contributed by atoms with van der Waals surface area (Å²) >= 11 is 0. The van der Waals surface area contributed by atoms with Crippen LogP contribution in [0.15, 0.2) is 54.9 Å². The number of hydrogen-bond donors (Lipinski definition) is 2. The highest BCUT2D eigenvalue weighted by Gasteiger charge is 2.38. The van der Waals surface area contributed by atoms with Crippen LogP contribution in [0.3, 0.4) is 0 Å². The van der Waals surface area contributed by atoms with E-state index in [1.165, 1.54) is 12.6 Å². The summed E-state index contributed by atoms with van der Waals surface area (Å²) in [5, 5.41) is 6.46. The van der Waals surface area contributed by atoms with Crippen LogP contribution in [0.25, 0.3) is 27.6 Å². The summed E-state index contributed by atoms with van der Waals surface area (Å²) in [6.07, 6.45) is 6.49. The number of pyridine rings is 1. The highest BCUT2D eigenvalue weighted by molar-refractivity contribution is 6.50. The molecule has 1 aliphatic carbocycles. The van der Waals surface area contributed by atoms with Gasteiger partial charge in [0.2, 0.25) is 5.91 Å². The first-order valence-corrected chi connectivity index (χ1v) is 11.9. The smallest absolute Gasteiger partial charge is 0.259 e. The standard InChI is InChI=1S/C28H26N4O3/c1-16(33)29-14-17-10-11-22-19(13-17)24(23-9-5-6-12-32(22)23)26-25(27(34)30-28(26)35)20-15-31(2)21-8-4-3-7-18(20)21/h3-9,12,15,17H,10-11,13-14H2,1-2H3,(H,29,33)(H,30,34,35). The maximum absolute atomic E-state index is 13.4. The second-order valence-corrected chi connectivity index (χ2v) is 9.51. The van der Waals surface area contributed by atoms with Crippen molar-refractivity contribution in [3.05, 3.63) is 77.2 Å². The molecule has 7 heteroatoms. The minimum atomic E-state index is -0.365. The van der Waals surface area contributed by atoms with Crippen LogP contribution in [0.5, 0.6) is 0 Å². The van der Waals surface area contributed by atoms with Crippen molar-refractivity contribution < 1.29 is 14.4 Å². The highest BCUT2D eigenvalue weighted by Crippen LogP contribution is 2.42. The number of imide groups is 1. The van der Waals surface area contributed by atoms with E-state index in [1.54, 1.807) is 0 Å². The van der Waals surface area contributed by atoms with Crippen LogP contribution in [-0.4, -0.2) is 33.2 Å². The van der Waals surface area contributed by atoms with Crippen molar-refractivity contribution in [2.45, 2.75) is 26.2 Å². The number of fused-ring (bicyclic) bond motifs is 4. The molecular weight excluding hydrogens is 440 g/mol. The molecule has 2 N–H and O–H groups in total. The lowest BCUT2D eigenvalue weighted by Crippen LogP contribution is -2.30. The highest BCUT2D eigenvalue weighted by atomic mass is 16.2. The summed E-state index contributed by atoms with van der Waals surface area (Å²) in [5.41, 5.74) is 6.65. The van der Waals surface area contributed by atoms with Gasteiger partial charge in [-0.25, -0.2) is 0 Å². The molecule has 35 heavy (non-hydrogen) atoms. The zero-order valence-electron chi connectivity index (χ0n) is 19.7. The van der Waals surface area contributed by atoms with Crippen LogP contribution in [-0.2, 0) is 34.3 Å². The van der Waals surface area contributed by atoms with Crippen LogP contribution in [0.2, 0.25) is 0 Å². The predicted molar refractivity (Wildman–Crippen MR) is 134 cm³/mol. The van der Waals surface area contributed by atoms with Gasteiger partial charge in [-0.15, -0.1) is 0 Å². The number of carbonyl (C=O) groups is 3. The SMILES string of the molecule is CC(=O)NCC1CCc2c(c(C3=C(c4cn(C)c5ccccc45)C(=O)NC3=O)c3ccccn23)C1. The van der Waals surface area contributed by atoms with E-state index < -0.39 is 0 Å². The van der Waals surface area contributed by atoms with E-state index in [0.29, 0.717) is 17.7 Å². The molecule has 4 heterocycles. The first-order chi connectivity index (χ1) is 16.9. The quantitative estimate of drug-likeness (QED) is 0.453. The van der Waals surface area contributed by atoms with Crippen LogP contribution >= 0.6 is 0 Å². The van der Waals surface area contributed by atoms with Gasteiger partial charge in [-0.1, -0.05) is 24.3 Å². The second-order valence-electron chi connectivity index (χ2n) is 9.51. The van der Waals surface area contributed by atoms with Crippen LogP contribution < -0.4 is 10.6 Å². The molecule has 4 aromatic rings.